The molecule has 17 heavy (non-hydrogen) atoms. The molecule has 0 spiro atoms. The Morgan fingerprint density at radius 2 is 2.18 bits per heavy atom. The predicted molar refractivity (Wildman–Crippen MR) is 71.4 cm³/mol. The van der Waals surface area contributed by atoms with Crippen molar-refractivity contribution in [2.24, 2.45) is 0 Å². The van der Waals surface area contributed by atoms with Crippen LogP contribution in [0.3, 0.4) is 0 Å². The van der Waals surface area contributed by atoms with Crippen molar-refractivity contribution in [1.29, 1.82) is 0 Å². The fraction of sp³-hybridized carbons (Fsp3) is 0.769. The third-order valence-corrected chi connectivity index (χ3v) is 2.78. The molecule has 0 aliphatic carbocycles. The Bertz CT molecular complexity index is 259. The van der Waals surface area contributed by atoms with Crippen LogP contribution in [0.1, 0.15) is 39.0 Å². The van der Waals surface area contributed by atoms with E-state index in [4.69, 9.17) is 4.74 Å². The summed E-state index contributed by atoms with van der Waals surface area (Å²) in [6.07, 6.45) is 10.1. The maximum Gasteiger partial charge on any atom is 0.202 e. The van der Waals surface area contributed by atoms with E-state index in [1.807, 2.05) is 12.4 Å². The third-order valence-electron chi connectivity index (χ3n) is 2.78. The van der Waals surface area contributed by atoms with Gasteiger partial charge in [-0.1, -0.05) is 26.2 Å². The number of hydrogen-bond donors (Lipinski definition) is 1. The lowest BCUT2D eigenvalue weighted by Crippen LogP contribution is -2.10. The number of rotatable bonds is 10. The first-order valence-corrected chi connectivity index (χ1v) is 6.62. The lowest BCUT2D eigenvalue weighted by Gasteiger charge is -2.09. The first kappa shape index (κ1) is 14.0. The highest BCUT2D eigenvalue weighted by Crippen LogP contribution is 2.08. The number of hydrogen-bond acceptors (Lipinski definition) is 3. The Kier molecular flexibility index (Phi) is 7.47. The number of aromatic nitrogens is 2. The van der Waals surface area contributed by atoms with E-state index in [0.29, 0.717) is 0 Å². The number of ether oxygens (including phenoxy) is 1. The summed E-state index contributed by atoms with van der Waals surface area (Å²) in [6, 6.07) is 0. The van der Waals surface area contributed by atoms with Gasteiger partial charge in [0.1, 0.15) is 0 Å². The molecule has 1 N–H and O–H groups in total. The summed E-state index contributed by atoms with van der Waals surface area (Å²) in [6.45, 7) is 5.01. The van der Waals surface area contributed by atoms with E-state index in [1.54, 1.807) is 7.11 Å². The largest absolute Gasteiger partial charge is 0.385 e. The molecule has 1 rings (SSSR count). The predicted octanol–water partition coefficient (Wildman–Crippen LogP) is 2.91. The van der Waals surface area contributed by atoms with Crippen molar-refractivity contribution < 1.29 is 4.74 Å². The van der Waals surface area contributed by atoms with E-state index >= 15 is 0 Å². The molecule has 0 amide bonds. The summed E-state index contributed by atoms with van der Waals surface area (Å²) in [7, 11) is 1.73. The van der Waals surface area contributed by atoms with Crippen LogP contribution in [0.5, 0.6) is 0 Å². The Hall–Kier alpha value is -1.03. The number of nitrogens with one attached hydrogen (secondary N) is 1. The van der Waals surface area contributed by atoms with Crippen LogP contribution < -0.4 is 5.32 Å². The molecular weight excluding hydrogens is 214 g/mol. The van der Waals surface area contributed by atoms with Crippen LogP contribution in [0.4, 0.5) is 5.95 Å². The molecule has 0 radical (unpaired) electrons. The smallest absolute Gasteiger partial charge is 0.202 e. The zero-order valence-corrected chi connectivity index (χ0v) is 11.1. The molecule has 4 nitrogen and oxygen atoms in total. The van der Waals surface area contributed by atoms with Gasteiger partial charge in [-0.15, -0.1) is 0 Å². The first-order valence-electron chi connectivity index (χ1n) is 6.62. The van der Waals surface area contributed by atoms with Crippen LogP contribution in [0.25, 0.3) is 0 Å². The van der Waals surface area contributed by atoms with Crippen molar-refractivity contribution >= 4 is 5.95 Å². The molecule has 0 aliphatic rings. The molecule has 0 saturated heterocycles. The van der Waals surface area contributed by atoms with E-state index in [1.165, 1.54) is 25.7 Å². The van der Waals surface area contributed by atoms with Gasteiger partial charge in [-0.2, -0.15) is 0 Å². The Morgan fingerprint density at radius 3 is 2.94 bits per heavy atom. The molecule has 0 saturated carbocycles. The van der Waals surface area contributed by atoms with E-state index in [2.05, 4.69) is 21.8 Å². The standard InChI is InChI=1S/C13H25N3O/c1-3-4-5-6-10-16-11-9-15-13(16)14-8-7-12-17-2/h9,11H,3-8,10,12H2,1-2H3,(H,14,15). The SMILES string of the molecule is CCCCCCn1ccnc1NCCCOC. The van der Waals surface area contributed by atoms with Gasteiger partial charge in [0.2, 0.25) is 5.95 Å². The Morgan fingerprint density at radius 1 is 1.29 bits per heavy atom. The van der Waals surface area contributed by atoms with Gasteiger partial charge in [0.05, 0.1) is 0 Å². The number of methoxy groups -OCH3 is 1. The molecule has 0 aromatic carbocycles. The zero-order valence-electron chi connectivity index (χ0n) is 11.1. The monoisotopic (exact) mass is 239 g/mol. The van der Waals surface area contributed by atoms with Gasteiger partial charge in [0.25, 0.3) is 0 Å². The molecule has 0 bridgehead atoms. The maximum atomic E-state index is 5.02. The third kappa shape index (κ3) is 5.73. The van der Waals surface area contributed by atoms with E-state index in [0.717, 1.165) is 32.1 Å². The molecule has 1 heterocycles. The van der Waals surface area contributed by atoms with E-state index in [-0.39, 0.29) is 0 Å². The second-order valence-corrected chi connectivity index (χ2v) is 4.28. The fourth-order valence-electron chi connectivity index (χ4n) is 1.78. The van der Waals surface area contributed by atoms with E-state index < -0.39 is 0 Å². The zero-order chi connectivity index (χ0) is 12.3. The molecule has 0 atom stereocenters. The van der Waals surface area contributed by atoms with Gasteiger partial charge in [-0.05, 0) is 12.8 Å². The molecule has 1 aromatic heterocycles. The molecule has 1 aromatic rings. The Labute approximate surface area is 104 Å². The summed E-state index contributed by atoms with van der Waals surface area (Å²) in [5.74, 6) is 0.984. The molecule has 0 unspecified atom stereocenters. The first-order chi connectivity index (χ1) is 8.38. The van der Waals surface area contributed by atoms with Crippen LogP contribution in [0, 0.1) is 0 Å². The summed E-state index contributed by atoms with van der Waals surface area (Å²) in [5, 5.41) is 3.34. The van der Waals surface area contributed by atoms with Crippen molar-refractivity contribution in [2.75, 3.05) is 25.6 Å². The maximum absolute atomic E-state index is 5.02. The van der Waals surface area contributed by atoms with Gasteiger partial charge in [0.15, 0.2) is 0 Å². The lowest BCUT2D eigenvalue weighted by atomic mass is 10.2. The quantitative estimate of drug-likeness (QED) is 0.638. The van der Waals surface area contributed by atoms with Gasteiger partial charge >= 0.3 is 0 Å². The highest BCUT2D eigenvalue weighted by atomic mass is 16.5. The summed E-state index contributed by atoms with van der Waals surface area (Å²) in [4.78, 5) is 4.32. The highest BCUT2D eigenvalue weighted by molar-refractivity contribution is 5.25. The minimum absolute atomic E-state index is 0.796. The number of anilines is 1. The number of unbranched alkanes of at least 4 members (excludes halogenated alkanes) is 3. The number of nitrogens with zero attached hydrogens (tertiary/aromatic N) is 2. The molecule has 4 heteroatoms. The van der Waals surface area contributed by atoms with Crippen molar-refractivity contribution in [3.63, 3.8) is 0 Å². The van der Waals surface area contributed by atoms with Gasteiger partial charge < -0.3 is 14.6 Å². The van der Waals surface area contributed by atoms with Crippen molar-refractivity contribution in [2.45, 2.75) is 45.6 Å². The average molecular weight is 239 g/mol. The molecular formula is C13H25N3O. The van der Waals surface area contributed by atoms with Crippen molar-refractivity contribution in [3.05, 3.63) is 12.4 Å². The summed E-state index contributed by atoms with van der Waals surface area (Å²) in [5.41, 5.74) is 0. The van der Waals surface area contributed by atoms with Gasteiger partial charge in [-0.25, -0.2) is 4.98 Å². The van der Waals surface area contributed by atoms with E-state index in [9.17, 15) is 0 Å². The van der Waals surface area contributed by atoms with Gasteiger partial charge in [0, 0.05) is 39.2 Å². The molecule has 0 fully saturated rings. The lowest BCUT2D eigenvalue weighted by molar-refractivity contribution is 0.197. The van der Waals surface area contributed by atoms with Gasteiger partial charge in [-0.3, -0.25) is 0 Å². The van der Waals surface area contributed by atoms with Crippen LogP contribution >= 0.6 is 0 Å². The minimum atomic E-state index is 0.796. The fourth-order valence-corrected chi connectivity index (χ4v) is 1.78. The minimum Gasteiger partial charge on any atom is -0.385 e. The van der Waals surface area contributed by atoms with Crippen LogP contribution in [0.15, 0.2) is 12.4 Å². The van der Waals surface area contributed by atoms with Crippen LogP contribution in [-0.4, -0.2) is 29.8 Å². The summed E-state index contributed by atoms with van der Waals surface area (Å²) >= 11 is 0. The Balaban J connectivity index is 2.22. The molecule has 98 valence electrons. The molecule has 0 aliphatic heterocycles. The normalized spacial score (nSPS) is 10.7. The van der Waals surface area contributed by atoms with Crippen molar-refractivity contribution in [3.8, 4) is 0 Å². The summed E-state index contributed by atoms with van der Waals surface area (Å²) < 4.78 is 7.21. The second kappa shape index (κ2) is 9.05. The number of aryl methyl sites for hydroxylation is 1. The second-order valence-electron chi connectivity index (χ2n) is 4.28. The van der Waals surface area contributed by atoms with Crippen molar-refractivity contribution in [1.82, 2.24) is 9.55 Å². The number of imidazole rings is 1. The topological polar surface area (TPSA) is 39.1 Å². The van der Waals surface area contributed by atoms with Crippen LogP contribution in [0.2, 0.25) is 0 Å². The highest BCUT2D eigenvalue weighted by Gasteiger charge is 2.00. The van der Waals surface area contributed by atoms with Crippen LogP contribution in [-0.2, 0) is 11.3 Å². The average Bonchev–Trinajstić information content (AvgIpc) is 2.78.